The minimum Gasteiger partial charge on any atom is -0.465 e. The maximum Gasteiger partial charge on any atom is 0.405 e. The molecule has 2 aromatic carbocycles. The van der Waals surface area contributed by atoms with Gasteiger partial charge in [0.15, 0.2) is 0 Å². The SMILES string of the molecule is Cc1ccc(F)c(-c2ccc3c(c2)CC(C)(C)C3NC(=O)O)c1. The summed E-state index contributed by atoms with van der Waals surface area (Å²) in [7, 11) is 0. The van der Waals surface area contributed by atoms with E-state index in [9.17, 15) is 9.18 Å². The van der Waals surface area contributed by atoms with Crippen LogP contribution in [0.15, 0.2) is 36.4 Å². The largest absolute Gasteiger partial charge is 0.465 e. The number of carboxylic acid groups (broad SMARTS) is 1. The smallest absolute Gasteiger partial charge is 0.405 e. The van der Waals surface area contributed by atoms with Crippen LogP contribution in [-0.4, -0.2) is 11.2 Å². The van der Waals surface area contributed by atoms with Crippen LogP contribution in [0.5, 0.6) is 0 Å². The molecule has 0 fully saturated rings. The summed E-state index contributed by atoms with van der Waals surface area (Å²) in [4.78, 5) is 11.1. The Morgan fingerprint density at radius 1 is 1.26 bits per heavy atom. The molecular formula is C19H20FNO2. The molecule has 0 heterocycles. The molecule has 0 saturated carbocycles. The summed E-state index contributed by atoms with van der Waals surface area (Å²) in [6, 6.07) is 10.6. The van der Waals surface area contributed by atoms with Crippen LogP contribution in [0, 0.1) is 18.2 Å². The zero-order chi connectivity index (χ0) is 16.8. The second kappa shape index (κ2) is 5.37. The summed E-state index contributed by atoms with van der Waals surface area (Å²) < 4.78 is 14.1. The molecule has 3 rings (SSSR count). The Kier molecular flexibility index (Phi) is 3.63. The first-order chi connectivity index (χ1) is 10.8. The van der Waals surface area contributed by atoms with Crippen LogP contribution in [0.2, 0.25) is 0 Å². The van der Waals surface area contributed by atoms with Gasteiger partial charge in [-0.05, 0) is 47.6 Å². The Morgan fingerprint density at radius 3 is 2.70 bits per heavy atom. The van der Waals surface area contributed by atoms with Gasteiger partial charge >= 0.3 is 6.09 Å². The average molecular weight is 313 g/mol. The highest BCUT2D eigenvalue weighted by molar-refractivity contribution is 5.69. The molecule has 0 aliphatic heterocycles. The molecule has 3 nitrogen and oxygen atoms in total. The Balaban J connectivity index is 2.05. The van der Waals surface area contributed by atoms with E-state index in [4.69, 9.17) is 5.11 Å². The molecule has 0 saturated heterocycles. The van der Waals surface area contributed by atoms with Crippen molar-refractivity contribution in [3.8, 4) is 11.1 Å². The predicted octanol–water partition coefficient (Wildman–Crippen LogP) is 4.69. The fraction of sp³-hybridized carbons (Fsp3) is 0.316. The van der Waals surface area contributed by atoms with Crippen molar-refractivity contribution in [2.45, 2.75) is 33.2 Å². The minimum absolute atomic E-state index is 0.204. The zero-order valence-electron chi connectivity index (χ0n) is 13.5. The Morgan fingerprint density at radius 2 is 2.00 bits per heavy atom. The molecule has 1 aliphatic carbocycles. The molecule has 4 heteroatoms. The second-order valence-corrected chi connectivity index (χ2v) is 6.94. The van der Waals surface area contributed by atoms with Gasteiger partial charge in [-0.15, -0.1) is 0 Å². The zero-order valence-corrected chi connectivity index (χ0v) is 13.5. The number of carbonyl (C=O) groups is 1. The van der Waals surface area contributed by atoms with Gasteiger partial charge in [-0.2, -0.15) is 0 Å². The van der Waals surface area contributed by atoms with Crippen molar-refractivity contribution in [3.63, 3.8) is 0 Å². The van der Waals surface area contributed by atoms with E-state index in [1.807, 2.05) is 45.0 Å². The molecule has 1 aliphatic rings. The molecule has 120 valence electrons. The van der Waals surface area contributed by atoms with Gasteiger partial charge in [0.25, 0.3) is 0 Å². The summed E-state index contributed by atoms with van der Waals surface area (Å²) in [5.74, 6) is -0.243. The molecule has 0 bridgehead atoms. The second-order valence-electron chi connectivity index (χ2n) is 6.94. The van der Waals surface area contributed by atoms with Crippen molar-refractivity contribution in [1.29, 1.82) is 0 Å². The van der Waals surface area contributed by atoms with E-state index < -0.39 is 6.09 Å². The summed E-state index contributed by atoms with van der Waals surface area (Å²) in [5.41, 5.74) is 4.27. The lowest BCUT2D eigenvalue weighted by atomic mass is 9.85. The summed E-state index contributed by atoms with van der Waals surface area (Å²) in [6.45, 7) is 6.02. The molecule has 1 atom stereocenters. The van der Waals surface area contributed by atoms with Crippen LogP contribution in [0.1, 0.15) is 36.6 Å². The van der Waals surface area contributed by atoms with Gasteiger partial charge < -0.3 is 10.4 Å². The van der Waals surface area contributed by atoms with Crippen molar-refractivity contribution >= 4 is 6.09 Å². The number of halogens is 1. The predicted molar refractivity (Wildman–Crippen MR) is 88.0 cm³/mol. The van der Waals surface area contributed by atoms with E-state index in [0.29, 0.717) is 5.56 Å². The van der Waals surface area contributed by atoms with Crippen molar-refractivity contribution < 1.29 is 14.3 Å². The monoisotopic (exact) mass is 313 g/mol. The summed E-state index contributed by atoms with van der Waals surface area (Å²) in [6.07, 6.45) is -0.265. The lowest BCUT2D eigenvalue weighted by Crippen LogP contribution is -2.34. The van der Waals surface area contributed by atoms with Gasteiger partial charge in [-0.1, -0.05) is 43.7 Å². The van der Waals surface area contributed by atoms with Gasteiger partial charge in [0, 0.05) is 5.56 Å². The number of hydrogen-bond acceptors (Lipinski definition) is 1. The Hall–Kier alpha value is -2.36. The minimum atomic E-state index is -1.02. The fourth-order valence-corrected chi connectivity index (χ4v) is 3.48. The van der Waals surface area contributed by atoms with Gasteiger partial charge in [-0.25, -0.2) is 9.18 Å². The number of hydrogen-bond donors (Lipinski definition) is 2. The first kappa shape index (κ1) is 15.5. The molecule has 2 aromatic rings. The number of amides is 1. The quantitative estimate of drug-likeness (QED) is 0.845. The standard InChI is InChI=1S/C19H20FNO2/c1-11-4-7-16(20)15(8-11)12-5-6-14-13(9-12)10-19(2,3)17(14)21-18(22)23/h4-9,17,21H,10H2,1-3H3,(H,22,23). The molecule has 1 unspecified atom stereocenters. The summed E-state index contributed by atoms with van der Waals surface area (Å²) >= 11 is 0. The first-order valence-electron chi connectivity index (χ1n) is 7.67. The topological polar surface area (TPSA) is 49.3 Å². The highest BCUT2D eigenvalue weighted by atomic mass is 19.1. The van der Waals surface area contributed by atoms with E-state index in [0.717, 1.165) is 28.7 Å². The molecule has 23 heavy (non-hydrogen) atoms. The molecule has 2 N–H and O–H groups in total. The van der Waals surface area contributed by atoms with Gasteiger partial charge in [0.2, 0.25) is 0 Å². The lowest BCUT2D eigenvalue weighted by Gasteiger charge is -2.27. The van der Waals surface area contributed by atoms with E-state index in [1.165, 1.54) is 6.07 Å². The molecular weight excluding hydrogens is 293 g/mol. The first-order valence-corrected chi connectivity index (χ1v) is 7.67. The van der Waals surface area contributed by atoms with E-state index in [1.54, 1.807) is 6.07 Å². The highest BCUT2D eigenvalue weighted by Crippen LogP contribution is 2.46. The lowest BCUT2D eigenvalue weighted by molar-refractivity contribution is 0.175. The van der Waals surface area contributed by atoms with Crippen LogP contribution in [0.4, 0.5) is 9.18 Å². The fourth-order valence-electron chi connectivity index (χ4n) is 3.48. The van der Waals surface area contributed by atoms with Crippen molar-refractivity contribution in [2.75, 3.05) is 0 Å². The van der Waals surface area contributed by atoms with Crippen molar-refractivity contribution in [3.05, 3.63) is 58.9 Å². The number of benzene rings is 2. The van der Waals surface area contributed by atoms with Crippen LogP contribution in [0.25, 0.3) is 11.1 Å². The van der Waals surface area contributed by atoms with Gasteiger partial charge in [0.05, 0.1) is 6.04 Å². The molecule has 1 amide bonds. The highest BCUT2D eigenvalue weighted by Gasteiger charge is 2.40. The Bertz CT molecular complexity index is 783. The summed E-state index contributed by atoms with van der Waals surface area (Å²) in [5, 5.41) is 11.7. The van der Waals surface area contributed by atoms with Crippen molar-refractivity contribution in [2.24, 2.45) is 5.41 Å². The third kappa shape index (κ3) is 2.81. The van der Waals surface area contributed by atoms with E-state index in [2.05, 4.69) is 5.32 Å². The van der Waals surface area contributed by atoms with Crippen LogP contribution in [0.3, 0.4) is 0 Å². The maximum absolute atomic E-state index is 14.1. The number of aryl methyl sites for hydroxylation is 1. The van der Waals surface area contributed by atoms with Crippen molar-refractivity contribution in [1.82, 2.24) is 5.32 Å². The third-order valence-corrected chi connectivity index (χ3v) is 4.58. The molecule has 0 aromatic heterocycles. The van der Waals surface area contributed by atoms with Crippen LogP contribution in [-0.2, 0) is 6.42 Å². The Labute approximate surface area is 135 Å². The third-order valence-electron chi connectivity index (χ3n) is 4.58. The maximum atomic E-state index is 14.1. The molecule has 0 spiro atoms. The van der Waals surface area contributed by atoms with Crippen LogP contribution >= 0.6 is 0 Å². The number of fused-ring (bicyclic) bond motifs is 1. The van der Waals surface area contributed by atoms with Gasteiger partial charge in [-0.3, -0.25) is 0 Å². The van der Waals surface area contributed by atoms with Crippen LogP contribution < -0.4 is 5.32 Å². The van der Waals surface area contributed by atoms with E-state index >= 15 is 0 Å². The molecule has 0 radical (unpaired) electrons. The van der Waals surface area contributed by atoms with Gasteiger partial charge in [0.1, 0.15) is 5.82 Å². The average Bonchev–Trinajstić information content (AvgIpc) is 2.71. The normalized spacial score (nSPS) is 18.5. The number of rotatable bonds is 2. The van der Waals surface area contributed by atoms with E-state index in [-0.39, 0.29) is 17.3 Å². The number of nitrogens with one attached hydrogen (secondary N) is 1.